The summed E-state index contributed by atoms with van der Waals surface area (Å²) < 4.78 is 10.9. The van der Waals surface area contributed by atoms with Gasteiger partial charge in [0.1, 0.15) is 11.5 Å². The summed E-state index contributed by atoms with van der Waals surface area (Å²) in [6.45, 7) is 5.64. The summed E-state index contributed by atoms with van der Waals surface area (Å²) in [7, 11) is 2.08. The lowest BCUT2D eigenvalue weighted by atomic mass is 10.2. The van der Waals surface area contributed by atoms with Crippen LogP contribution in [-0.2, 0) is 19.6 Å². The fraction of sp³-hybridized carbons (Fsp3) is 0.467. The van der Waals surface area contributed by atoms with Gasteiger partial charge in [-0.2, -0.15) is 0 Å². The van der Waals surface area contributed by atoms with E-state index in [-0.39, 0.29) is 0 Å². The summed E-state index contributed by atoms with van der Waals surface area (Å²) in [6, 6.07) is 5.96. The third-order valence-electron chi connectivity index (χ3n) is 3.00. The minimum absolute atomic E-state index is 0.796. The molecule has 0 atom stereocenters. The number of hydrogen-bond donors (Lipinski definition) is 1. The Balaban J connectivity index is 1.86. The molecule has 2 aromatic rings. The van der Waals surface area contributed by atoms with Crippen molar-refractivity contribution in [2.45, 2.75) is 33.0 Å². The highest BCUT2D eigenvalue weighted by molar-refractivity contribution is 5.17. The minimum atomic E-state index is 0.796. The van der Waals surface area contributed by atoms with E-state index >= 15 is 0 Å². The van der Waals surface area contributed by atoms with Gasteiger partial charge in [0.15, 0.2) is 0 Å². The Labute approximate surface area is 114 Å². The van der Waals surface area contributed by atoms with Gasteiger partial charge >= 0.3 is 0 Å². The summed E-state index contributed by atoms with van der Waals surface area (Å²) in [5.41, 5.74) is 1.23. The van der Waals surface area contributed by atoms with Gasteiger partial charge in [0, 0.05) is 12.1 Å². The topological polar surface area (TPSA) is 41.6 Å². The van der Waals surface area contributed by atoms with Gasteiger partial charge in [-0.05, 0) is 38.2 Å². The molecule has 0 fully saturated rings. The summed E-state index contributed by atoms with van der Waals surface area (Å²) in [5, 5.41) is 3.37. The lowest BCUT2D eigenvalue weighted by Gasteiger charge is -2.15. The lowest BCUT2D eigenvalue weighted by Crippen LogP contribution is -2.19. The molecule has 0 aliphatic rings. The molecule has 2 heterocycles. The molecule has 104 valence electrons. The molecule has 0 spiro atoms. The quantitative estimate of drug-likeness (QED) is 0.743. The van der Waals surface area contributed by atoms with Crippen molar-refractivity contribution >= 4 is 0 Å². The number of hydrogen-bond acceptors (Lipinski definition) is 4. The van der Waals surface area contributed by atoms with Gasteiger partial charge in [0.05, 0.1) is 25.6 Å². The second-order valence-electron chi connectivity index (χ2n) is 4.80. The molecule has 0 saturated carbocycles. The Morgan fingerprint density at radius 1 is 1.16 bits per heavy atom. The largest absolute Gasteiger partial charge is 0.468 e. The Bertz CT molecular complexity index is 462. The predicted molar refractivity (Wildman–Crippen MR) is 74.6 cm³/mol. The lowest BCUT2D eigenvalue weighted by molar-refractivity contribution is 0.285. The fourth-order valence-electron chi connectivity index (χ4n) is 2.06. The van der Waals surface area contributed by atoms with Gasteiger partial charge in [-0.25, -0.2) is 0 Å². The molecule has 0 aliphatic carbocycles. The van der Waals surface area contributed by atoms with Crippen molar-refractivity contribution in [2.75, 3.05) is 13.6 Å². The third-order valence-corrected chi connectivity index (χ3v) is 3.00. The van der Waals surface area contributed by atoms with Crippen molar-refractivity contribution in [3.8, 4) is 0 Å². The standard InChI is InChI=1S/C15H22N2O2/c1-3-7-16-10-15-13(6-9-19-15)11-17(2)12-14-5-4-8-18-14/h4-6,8-9,16H,3,7,10-12H2,1-2H3. The van der Waals surface area contributed by atoms with Crippen LogP contribution in [0.25, 0.3) is 0 Å². The maximum Gasteiger partial charge on any atom is 0.122 e. The van der Waals surface area contributed by atoms with Crippen LogP contribution in [0.5, 0.6) is 0 Å². The van der Waals surface area contributed by atoms with E-state index in [0.29, 0.717) is 0 Å². The first-order chi connectivity index (χ1) is 9.29. The average molecular weight is 262 g/mol. The highest BCUT2D eigenvalue weighted by Gasteiger charge is 2.09. The van der Waals surface area contributed by atoms with Crippen LogP contribution in [0.2, 0.25) is 0 Å². The molecule has 1 N–H and O–H groups in total. The summed E-state index contributed by atoms with van der Waals surface area (Å²) in [5.74, 6) is 2.01. The zero-order chi connectivity index (χ0) is 13.5. The van der Waals surface area contributed by atoms with E-state index in [1.165, 1.54) is 5.56 Å². The van der Waals surface area contributed by atoms with Crippen molar-refractivity contribution in [1.82, 2.24) is 10.2 Å². The van der Waals surface area contributed by atoms with E-state index in [1.807, 2.05) is 18.2 Å². The van der Waals surface area contributed by atoms with Crippen molar-refractivity contribution in [3.05, 3.63) is 47.8 Å². The maximum atomic E-state index is 5.53. The highest BCUT2D eigenvalue weighted by atomic mass is 16.3. The first kappa shape index (κ1) is 13.9. The molecule has 4 nitrogen and oxygen atoms in total. The molecule has 0 bridgehead atoms. The maximum absolute atomic E-state index is 5.53. The van der Waals surface area contributed by atoms with Crippen molar-refractivity contribution in [3.63, 3.8) is 0 Å². The van der Waals surface area contributed by atoms with E-state index in [1.54, 1.807) is 12.5 Å². The molecule has 0 aromatic carbocycles. The number of rotatable bonds is 8. The second-order valence-corrected chi connectivity index (χ2v) is 4.80. The van der Waals surface area contributed by atoms with Gasteiger partial charge in [-0.3, -0.25) is 4.90 Å². The monoisotopic (exact) mass is 262 g/mol. The Hall–Kier alpha value is -1.52. The van der Waals surface area contributed by atoms with Crippen LogP contribution in [0.3, 0.4) is 0 Å². The molecular weight excluding hydrogens is 240 g/mol. The van der Waals surface area contributed by atoms with Crippen LogP contribution in [-0.4, -0.2) is 18.5 Å². The molecule has 0 saturated heterocycles. The molecule has 0 unspecified atom stereocenters. The van der Waals surface area contributed by atoms with Gasteiger partial charge < -0.3 is 14.2 Å². The van der Waals surface area contributed by atoms with Gasteiger partial charge in [0.2, 0.25) is 0 Å². The van der Waals surface area contributed by atoms with Crippen molar-refractivity contribution in [2.24, 2.45) is 0 Å². The van der Waals surface area contributed by atoms with Crippen LogP contribution in [0.15, 0.2) is 39.6 Å². The van der Waals surface area contributed by atoms with Crippen LogP contribution >= 0.6 is 0 Å². The zero-order valence-corrected chi connectivity index (χ0v) is 11.7. The van der Waals surface area contributed by atoms with Crippen LogP contribution in [0.4, 0.5) is 0 Å². The molecule has 4 heteroatoms. The first-order valence-corrected chi connectivity index (χ1v) is 6.76. The molecule has 0 aliphatic heterocycles. The van der Waals surface area contributed by atoms with Gasteiger partial charge in [-0.1, -0.05) is 6.92 Å². The Morgan fingerprint density at radius 3 is 2.79 bits per heavy atom. The number of nitrogens with zero attached hydrogens (tertiary/aromatic N) is 1. The van der Waals surface area contributed by atoms with E-state index in [2.05, 4.69) is 24.2 Å². The summed E-state index contributed by atoms with van der Waals surface area (Å²) >= 11 is 0. The van der Waals surface area contributed by atoms with Crippen LogP contribution < -0.4 is 5.32 Å². The first-order valence-electron chi connectivity index (χ1n) is 6.76. The van der Waals surface area contributed by atoms with Crippen molar-refractivity contribution in [1.29, 1.82) is 0 Å². The molecule has 19 heavy (non-hydrogen) atoms. The van der Waals surface area contributed by atoms with Crippen LogP contribution in [0, 0.1) is 0 Å². The molecule has 2 aromatic heterocycles. The Morgan fingerprint density at radius 2 is 2.05 bits per heavy atom. The number of furan rings is 2. The Kier molecular flexibility index (Phi) is 5.24. The van der Waals surface area contributed by atoms with Crippen molar-refractivity contribution < 1.29 is 8.83 Å². The summed E-state index contributed by atoms with van der Waals surface area (Å²) in [6.07, 6.45) is 4.61. The average Bonchev–Trinajstić information content (AvgIpc) is 3.02. The van der Waals surface area contributed by atoms with Crippen LogP contribution in [0.1, 0.15) is 30.4 Å². The van der Waals surface area contributed by atoms with E-state index < -0.39 is 0 Å². The van der Waals surface area contributed by atoms with E-state index in [4.69, 9.17) is 8.83 Å². The SMILES string of the molecule is CCCNCc1occc1CN(C)Cc1ccco1. The number of nitrogens with one attached hydrogen (secondary N) is 1. The van der Waals surface area contributed by atoms with Gasteiger partial charge in [0.25, 0.3) is 0 Å². The smallest absolute Gasteiger partial charge is 0.122 e. The molecule has 2 rings (SSSR count). The minimum Gasteiger partial charge on any atom is -0.468 e. The van der Waals surface area contributed by atoms with E-state index in [0.717, 1.165) is 44.1 Å². The molecular formula is C15H22N2O2. The van der Waals surface area contributed by atoms with E-state index in [9.17, 15) is 0 Å². The van der Waals surface area contributed by atoms with Gasteiger partial charge in [-0.15, -0.1) is 0 Å². The summed E-state index contributed by atoms with van der Waals surface area (Å²) in [4.78, 5) is 2.22. The highest BCUT2D eigenvalue weighted by Crippen LogP contribution is 2.14. The molecule has 0 radical (unpaired) electrons. The second kappa shape index (κ2) is 7.16. The molecule has 0 amide bonds. The predicted octanol–water partition coefficient (Wildman–Crippen LogP) is 3.00. The third kappa shape index (κ3) is 4.26. The fourth-order valence-corrected chi connectivity index (χ4v) is 2.06. The normalized spacial score (nSPS) is 11.3. The zero-order valence-electron chi connectivity index (χ0n) is 11.7.